The molecule has 0 aromatic heterocycles. The molecular weight excluding hydrogens is 278 g/mol. The summed E-state index contributed by atoms with van der Waals surface area (Å²) in [5.74, 6) is 0.963. The van der Waals surface area contributed by atoms with E-state index < -0.39 is 0 Å². The zero-order valence-corrected chi connectivity index (χ0v) is 13.1. The quantitative estimate of drug-likeness (QED) is 0.725. The second kappa shape index (κ2) is 6.39. The fourth-order valence-electron chi connectivity index (χ4n) is 3.85. The highest BCUT2D eigenvalue weighted by molar-refractivity contribution is 5.36. The molecular formula is C22H21N. The molecule has 4 rings (SSSR count). The molecule has 1 nitrogen and oxygen atoms in total. The molecule has 0 radical (unpaired) electrons. The minimum atomic E-state index is 0.365. The van der Waals surface area contributed by atoms with Crippen molar-refractivity contribution < 1.29 is 0 Å². The first-order valence-electron chi connectivity index (χ1n) is 8.32. The molecule has 3 atom stereocenters. The molecule has 3 aromatic carbocycles. The van der Waals surface area contributed by atoms with Gasteiger partial charge >= 0.3 is 0 Å². The van der Waals surface area contributed by atoms with Crippen molar-refractivity contribution in [1.82, 2.24) is 5.32 Å². The lowest BCUT2D eigenvalue weighted by Crippen LogP contribution is -2.17. The highest BCUT2D eigenvalue weighted by Crippen LogP contribution is 2.46. The van der Waals surface area contributed by atoms with Crippen LogP contribution in [0.3, 0.4) is 0 Å². The summed E-state index contributed by atoms with van der Waals surface area (Å²) in [6.45, 7) is 1.02. The summed E-state index contributed by atoms with van der Waals surface area (Å²) < 4.78 is 0. The van der Waals surface area contributed by atoms with E-state index in [0.29, 0.717) is 17.9 Å². The molecule has 1 aliphatic rings. The molecule has 1 N–H and O–H groups in total. The fraction of sp³-hybridized carbons (Fsp3) is 0.182. The van der Waals surface area contributed by atoms with Crippen LogP contribution in [0.2, 0.25) is 0 Å². The van der Waals surface area contributed by atoms with E-state index in [0.717, 1.165) is 6.54 Å². The third-order valence-corrected chi connectivity index (χ3v) is 4.92. The van der Waals surface area contributed by atoms with Gasteiger partial charge in [-0.15, -0.1) is 0 Å². The van der Waals surface area contributed by atoms with Crippen molar-refractivity contribution in [2.75, 3.05) is 6.54 Å². The second-order valence-electron chi connectivity index (χ2n) is 6.25. The number of hydrogen-bond donors (Lipinski definition) is 1. The first kappa shape index (κ1) is 14.2. The molecule has 0 unspecified atom stereocenters. The SMILES string of the molecule is c1ccc([C@H]2[C@@H](c3ccccc3)CN[C@@H]2c2ccccc2)cc1. The molecule has 1 saturated heterocycles. The van der Waals surface area contributed by atoms with Crippen molar-refractivity contribution in [3.05, 3.63) is 108 Å². The van der Waals surface area contributed by atoms with E-state index in [2.05, 4.69) is 96.3 Å². The molecule has 0 saturated carbocycles. The van der Waals surface area contributed by atoms with Crippen LogP contribution in [0.25, 0.3) is 0 Å². The lowest BCUT2D eigenvalue weighted by atomic mass is 9.78. The van der Waals surface area contributed by atoms with Crippen LogP contribution < -0.4 is 5.32 Å². The van der Waals surface area contributed by atoms with E-state index in [4.69, 9.17) is 0 Å². The van der Waals surface area contributed by atoms with Crippen molar-refractivity contribution in [3.8, 4) is 0 Å². The summed E-state index contributed by atoms with van der Waals surface area (Å²) in [6.07, 6.45) is 0. The minimum Gasteiger partial charge on any atom is -0.309 e. The zero-order valence-electron chi connectivity index (χ0n) is 13.1. The Balaban J connectivity index is 1.77. The van der Waals surface area contributed by atoms with Gasteiger partial charge in [-0.25, -0.2) is 0 Å². The van der Waals surface area contributed by atoms with Crippen LogP contribution >= 0.6 is 0 Å². The monoisotopic (exact) mass is 299 g/mol. The lowest BCUT2D eigenvalue weighted by molar-refractivity contribution is 0.553. The van der Waals surface area contributed by atoms with E-state index in [9.17, 15) is 0 Å². The van der Waals surface area contributed by atoms with Gasteiger partial charge in [0.2, 0.25) is 0 Å². The van der Waals surface area contributed by atoms with Crippen LogP contribution in [0.15, 0.2) is 91.0 Å². The first-order chi connectivity index (χ1) is 11.4. The van der Waals surface area contributed by atoms with Gasteiger partial charge in [0.15, 0.2) is 0 Å². The van der Waals surface area contributed by atoms with Gasteiger partial charge in [0.05, 0.1) is 0 Å². The standard InChI is InChI=1S/C22H21N/c1-4-10-17(11-5-1)20-16-23-22(19-14-8-3-9-15-19)21(20)18-12-6-2-7-13-18/h1-15,20-23H,16H2/t20-,21+,22-/m1/s1. The summed E-state index contributed by atoms with van der Waals surface area (Å²) in [6, 6.07) is 33.0. The highest BCUT2D eigenvalue weighted by atomic mass is 15.0. The lowest BCUT2D eigenvalue weighted by Gasteiger charge is -2.25. The molecule has 114 valence electrons. The summed E-state index contributed by atoms with van der Waals surface area (Å²) in [7, 11) is 0. The predicted octanol–water partition coefficient (Wildman–Crippen LogP) is 4.90. The van der Waals surface area contributed by atoms with Crippen LogP contribution in [-0.2, 0) is 0 Å². The maximum Gasteiger partial charge on any atom is 0.0396 e. The minimum absolute atomic E-state index is 0.365. The molecule has 0 aliphatic carbocycles. The number of rotatable bonds is 3. The van der Waals surface area contributed by atoms with Crippen molar-refractivity contribution in [3.63, 3.8) is 0 Å². The van der Waals surface area contributed by atoms with Crippen molar-refractivity contribution in [1.29, 1.82) is 0 Å². The van der Waals surface area contributed by atoms with Crippen LogP contribution in [0.1, 0.15) is 34.6 Å². The Bertz CT molecular complexity index is 689. The number of nitrogens with one attached hydrogen (secondary N) is 1. The molecule has 23 heavy (non-hydrogen) atoms. The third kappa shape index (κ3) is 2.80. The van der Waals surface area contributed by atoms with E-state index in [1.54, 1.807) is 0 Å². The smallest absolute Gasteiger partial charge is 0.0396 e. The Morgan fingerprint density at radius 1 is 0.565 bits per heavy atom. The van der Waals surface area contributed by atoms with Crippen molar-refractivity contribution >= 4 is 0 Å². The van der Waals surface area contributed by atoms with Crippen LogP contribution in [0.4, 0.5) is 0 Å². The largest absolute Gasteiger partial charge is 0.309 e. The fourth-order valence-corrected chi connectivity index (χ4v) is 3.85. The predicted molar refractivity (Wildman–Crippen MR) is 95.6 cm³/mol. The zero-order chi connectivity index (χ0) is 15.5. The van der Waals surface area contributed by atoms with Gasteiger partial charge in [-0.2, -0.15) is 0 Å². The Kier molecular flexibility index (Phi) is 3.95. The molecule has 1 aliphatic heterocycles. The van der Waals surface area contributed by atoms with E-state index >= 15 is 0 Å². The first-order valence-corrected chi connectivity index (χ1v) is 8.32. The Labute approximate surface area is 138 Å². The molecule has 3 aromatic rings. The maximum absolute atomic E-state index is 3.77. The van der Waals surface area contributed by atoms with Gasteiger partial charge in [-0.05, 0) is 16.7 Å². The highest BCUT2D eigenvalue weighted by Gasteiger charge is 2.38. The summed E-state index contributed by atoms with van der Waals surface area (Å²) in [5, 5.41) is 3.77. The number of benzene rings is 3. The normalized spacial score (nSPS) is 23.7. The Morgan fingerprint density at radius 3 is 1.61 bits per heavy atom. The Hall–Kier alpha value is -2.38. The Morgan fingerprint density at radius 2 is 1.04 bits per heavy atom. The van der Waals surface area contributed by atoms with E-state index in [1.165, 1.54) is 16.7 Å². The van der Waals surface area contributed by atoms with Gasteiger partial charge in [-0.3, -0.25) is 0 Å². The van der Waals surface area contributed by atoms with Gasteiger partial charge in [0, 0.05) is 24.4 Å². The average Bonchev–Trinajstić information content (AvgIpc) is 3.09. The van der Waals surface area contributed by atoms with Gasteiger partial charge in [0.25, 0.3) is 0 Å². The van der Waals surface area contributed by atoms with Gasteiger partial charge in [0.1, 0.15) is 0 Å². The topological polar surface area (TPSA) is 12.0 Å². The van der Waals surface area contributed by atoms with Crippen LogP contribution in [-0.4, -0.2) is 6.54 Å². The van der Waals surface area contributed by atoms with E-state index in [1.807, 2.05) is 0 Å². The maximum atomic E-state index is 3.77. The summed E-state index contributed by atoms with van der Waals surface area (Å²) >= 11 is 0. The molecule has 0 spiro atoms. The van der Waals surface area contributed by atoms with Crippen LogP contribution in [0.5, 0.6) is 0 Å². The molecule has 0 bridgehead atoms. The van der Waals surface area contributed by atoms with Crippen LogP contribution in [0, 0.1) is 0 Å². The third-order valence-electron chi connectivity index (χ3n) is 4.92. The molecule has 1 fully saturated rings. The average molecular weight is 299 g/mol. The van der Waals surface area contributed by atoms with Crippen molar-refractivity contribution in [2.24, 2.45) is 0 Å². The molecule has 1 heterocycles. The summed E-state index contributed by atoms with van der Waals surface area (Å²) in [5.41, 5.74) is 4.22. The second-order valence-corrected chi connectivity index (χ2v) is 6.25. The van der Waals surface area contributed by atoms with Gasteiger partial charge in [-0.1, -0.05) is 91.0 Å². The summed E-state index contributed by atoms with van der Waals surface area (Å²) in [4.78, 5) is 0. The van der Waals surface area contributed by atoms with Gasteiger partial charge < -0.3 is 5.32 Å². The van der Waals surface area contributed by atoms with Crippen molar-refractivity contribution in [2.45, 2.75) is 17.9 Å². The van der Waals surface area contributed by atoms with E-state index in [-0.39, 0.29) is 0 Å². The molecule has 0 amide bonds. The number of hydrogen-bond acceptors (Lipinski definition) is 1. The molecule has 1 heteroatoms.